The van der Waals surface area contributed by atoms with Gasteiger partial charge in [-0.15, -0.1) is 0 Å². The van der Waals surface area contributed by atoms with E-state index in [1.165, 1.54) is 0 Å². The van der Waals surface area contributed by atoms with E-state index in [9.17, 15) is 18.0 Å². The van der Waals surface area contributed by atoms with E-state index < -0.39 is 23.4 Å². The zero-order valence-corrected chi connectivity index (χ0v) is 15.0. The summed E-state index contributed by atoms with van der Waals surface area (Å²) in [5.74, 6) is -3.79. The van der Waals surface area contributed by atoms with E-state index in [0.717, 1.165) is 18.1 Å². The first-order valence-corrected chi connectivity index (χ1v) is 8.79. The number of primary amides is 1. The number of hydrogen-bond donors (Lipinski definition) is 1. The van der Waals surface area contributed by atoms with Crippen LogP contribution < -0.4 is 5.73 Å². The predicted molar refractivity (Wildman–Crippen MR) is 102 cm³/mol. The van der Waals surface area contributed by atoms with Crippen LogP contribution in [-0.2, 0) is 13.0 Å². The van der Waals surface area contributed by atoms with Crippen molar-refractivity contribution in [2.24, 2.45) is 5.73 Å². The smallest absolute Gasteiger partial charge is 0.249 e. The van der Waals surface area contributed by atoms with Gasteiger partial charge in [0.05, 0.1) is 17.6 Å². The largest absolute Gasteiger partial charge is 0.366 e. The van der Waals surface area contributed by atoms with Crippen LogP contribution in [-0.4, -0.2) is 10.5 Å². The molecular weight excluding hydrogens is 365 g/mol. The summed E-state index contributed by atoms with van der Waals surface area (Å²) in [5, 5.41) is 1.24. The average Bonchev–Trinajstić information content (AvgIpc) is 2.98. The first-order chi connectivity index (χ1) is 13.4. The zero-order chi connectivity index (χ0) is 20.0. The molecule has 0 saturated heterocycles. The number of carbonyl (C=O) groups excluding carboxylic acids is 1. The molecule has 141 valence electrons. The van der Waals surface area contributed by atoms with Crippen molar-refractivity contribution in [1.29, 1.82) is 0 Å². The third-order valence-electron chi connectivity index (χ3n) is 4.92. The number of carbonyl (C=O) groups is 1. The highest BCUT2D eigenvalue weighted by molar-refractivity contribution is 6.17. The summed E-state index contributed by atoms with van der Waals surface area (Å²) in [6.07, 6.45) is 0.750. The van der Waals surface area contributed by atoms with Gasteiger partial charge in [-0.3, -0.25) is 4.79 Å². The Hall–Kier alpha value is -3.28. The molecule has 0 aliphatic heterocycles. The first kappa shape index (κ1) is 18.1. The number of fused-ring (bicyclic) bond motifs is 3. The quantitative estimate of drug-likeness (QED) is 0.511. The van der Waals surface area contributed by atoms with Crippen molar-refractivity contribution < 1.29 is 18.0 Å². The molecule has 0 spiro atoms. The molecule has 0 aliphatic rings. The maximum absolute atomic E-state index is 14.3. The Kier molecular flexibility index (Phi) is 4.34. The van der Waals surface area contributed by atoms with Gasteiger partial charge in [0.25, 0.3) is 0 Å². The molecule has 1 amide bonds. The fraction of sp³-hybridized carbons (Fsp3) is 0.136. The monoisotopic (exact) mass is 381 g/mol. The number of aryl methyl sites for hydroxylation is 1. The molecule has 3 nitrogen and oxygen atoms in total. The summed E-state index contributed by atoms with van der Waals surface area (Å²) in [6.45, 7) is 1.88. The highest BCUT2D eigenvalue weighted by atomic mass is 19.2. The number of amides is 1. The molecule has 1 aromatic heterocycles. The first-order valence-electron chi connectivity index (χ1n) is 8.79. The van der Waals surface area contributed by atoms with Crippen LogP contribution in [0.5, 0.6) is 0 Å². The molecule has 1 heterocycles. The Morgan fingerprint density at radius 3 is 2.64 bits per heavy atom. The predicted octanol–water partition coefficient (Wildman–Crippen LogP) is 4.72. The van der Waals surface area contributed by atoms with Gasteiger partial charge in [-0.05, 0) is 42.3 Å². The fourth-order valence-electron chi connectivity index (χ4n) is 3.57. The summed E-state index contributed by atoms with van der Waals surface area (Å²) >= 11 is 0. The highest BCUT2D eigenvalue weighted by Crippen LogP contribution is 2.33. The Morgan fingerprint density at radius 2 is 1.93 bits per heavy atom. The second kappa shape index (κ2) is 6.71. The number of nitrogens with two attached hydrogens (primary N) is 1. The minimum Gasteiger partial charge on any atom is -0.366 e. The van der Waals surface area contributed by atoms with Crippen molar-refractivity contribution in [3.8, 4) is 0 Å². The third kappa shape index (κ3) is 2.81. The van der Waals surface area contributed by atoms with Crippen LogP contribution in [0, 0.1) is 23.5 Å². The molecule has 4 rings (SSSR count). The Labute approximate surface area is 159 Å². The van der Waals surface area contributed by atoms with E-state index >= 15 is 0 Å². The molecule has 0 bridgehead atoms. The summed E-state index contributed by atoms with van der Waals surface area (Å²) in [7, 11) is 0. The van der Waals surface area contributed by atoms with Gasteiger partial charge in [0.1, 0.15) is 5.82 Å². The van der Waals surface area contributed by atoms with Crippen LogP contribution in [0.4, 0.5) is 13.2 Å². The van der Waals surface area contributed by atoms with Crippen LogP contribution in [0.1, 0.15) is 28.4 Å². The Balaban J connectivity index is 2.06. The lowest BCUT2D eigenvalue weighted by molar-refractivity contribution is 0.100. The van der Waals surface area contributed by atoms with Crippen molar-refractivity contribution in [2.75, 3.05) is 0 Å². The summed E-state index contributed by atoms with van der Waals surface area (Å²) < 4.78 is 43.4. The number of halogens is 3. The van der Waals surface area contributed by atoms with Gasteiger partial charge < -0.3 is 10.3 Å². The summed E-state index contributed by atoms with van der Waals surface area (Å²) in [4.78, 5) is 11.9. The molecule has 0 unspecified atom stereocenters. The van der Waals surface area contributed by atoms with Gasteiger partial charge in [0, 0.05) is 28.0 Å². The van der Waals surface area contributed by atoms with E-state index in [-0.39, 0.29) is 12.1 Å². The minimum atomic E-state index is -1.24. The molecule has 0 atom stereocenters. The minimum absolute atomic E-state index is 0.107. The topological polar surface area (TPSA) is 48.0 Å². The van der Waals surface area contributed by atoms with Crippen LogP contribution in [0.25, 0.3) is 21.8 Å². The van der Waals surface area contributed by atoms with Crippen LogP contribution in [0.2, 0.25) is 0 Å². The summed E-state index contributed by atoms with van der Waals surface area (Å²) in [6, 6.07) is 13.4. The van der Waals surface area contributed by atoms with Crippen LogP contribution >= 0.6 is 0 Å². The third-order valence-corrected chi connectivity index (χ3v) is 4.92. The number of benzene rings is 3. The number of hydrogen-bond acceptors (Lipinski definition) is 1. The van der Waals surface area contributed by atoms with E-state index in [0.29, 0.717) is 33.4 Å². The summed E-state index contributed by atoms with van der Waals surface area (Å²) in [5.41, 5.74) is 8.01. The molecule has 4 aromatic rings. The molecule has 28 heavy (non-hydrogen) atoms. The van der Waals surface area contributed by atoms with Crippen LogP contribution in [0.15, 0.2) is 42.5 Å². The molecule has 6 heteroatoms. The lowest BCUT2D eigenvalue weighted by Gasteiger charge is -2.10. The van der Waals surface area contributed by atoms with Gasteiger partial charge in [0.2, 0.25) is 5.91 Å². The maximum Gasteiger partial charge on any atom is 0.249 e. The van der Waals surface area contributed by atoms with Crippen molar-refractivity contribution >= 4 is 27.7 Å². The number of rotatable bonds is 4. The van der Waals surface area contributed by atoms with Gasteiger partial charge >= 0.3 is 0 Å². The molecule has 0 saturated carbocycles. The van der Waals surface area contributed by atoms with E-state index in [4.69, 9.17) is 5.73 Å². The van der Waals surface area contributed by atoms with Gasteiger partial charge in [-0.1, -0.05) is 19.1 Å². The van der Waals surface area contributed by atoms with Gasteiger partial charge in [-0.2, -0.15) is 0 Å². The molecule has 2 N–H and O–H groups in total. The van der Waals surface area contributed by atoms with E-state index in [1.807, 2.05) is 19.1 Å². The fourth-order valence-corrected chi connectivity index (χ4v) is 3.57. The highest BCUT2D eigenvalue weighted by Gasteiger charge is 2.19. The molecule has 0 aliphatic carbocycles. The lowest BCUT2D eigenvalue weighted by Crippen LogP contribution is -2.11. The molecule has 1 radical (unpaired) electrons. The van der Waals surface area contributed by atoms with E-state index in [2.05, 4.69) is 6.07 Å². The Morgan fingerprint density at radius 1 is 1.14 bits per heavy atom. The average molecular weight is 381 g/mol. The zero-order valence-electron chi connectivity index (χ0n) is 15.0. The number of aromatic nitrogens is 1. The molecular formula is C22H16F3N2O. The van der Waals surface area contributed by atoms with Crippen molar-refractivity contribution in [3.63, 3.8) is 0 Å². The van der Waals surface area contributed by atoms with Crippen molar-refractivity contribution in [3.05, 3.63) is 82.7 Å². The van der Waals surface area contributed by atoms with Gasteiger partial charge in [-0.25, -0.2) is 13.2 Å². The SMILES string of the molecule is CCc1c[c]c2c3c(C(N)=O)cccc3n(Cc3cc(F)cc(F)c3F)c2c1. The standard InChI is InChI=1S/C22H16F3N2O/c1-2-12-6-7-15-19(8-12)27(11-13-9-14(23)10-17(24)21(13)25)18-5-3-4-16(20(15)18)22(26)28/h3-6,8-10H,2,11H2,1H3,(H2,26,28). The van der Waals surface area contributed by atoms with Crippen molar-refractivity contribution in [1.82, 2.24) is 4.57 Å². The Bertz CT molecular complexity index is 1240. The number of nitrogens with zero attached hydrogens (tertiary/aromatic N) is 1. The maximum atomic E-state index is 14.3. The van der Waals surface area contributed by atoms with Crippen molar-refractivity contribution in [2.45, 2.75) is 19.9 Å². The molecule has 3 aromatic carbocycles. The normalized spacial score (nSPS) is 11.4. The van der Waals surface area contributed by atoms with Crippen LogP contribution in [0.3, 0.4) is 0 Å². The molecule has 0 fully saturated rings. The van der Waals surface area contributed by atoms with Gasteiger partial charge in [0.15, 0.2) is 11.6 Å². The second-order valence-electron chi connectivity index (χ2n) is 6.63. The second-order valence-corrected chi connectivity index (χ2v) is 6.63. The van der Waals surface area contributed by atoms with E-state index in [1.54, 1.807) is 22.8 Å². The lowest BCUT2D eigenvalue weighted by atomic mass is 10.0.